The van der Waals surface area contributed by atoms with Crippen LogP contribution in [-0.2, 0) is 27.4 Å². The number of para-hydroxylation sites is 1. The predicted molar refractivity (Wildman–Crippen MR) is 171 cm³/mol. The quantitative estimate of drug-likeness (QED) is 0.193. The molecular formula is C36H41N3O5. The van der Waals surface area contributed by atoms with Crippen LogP contribution < -0.4 is 10.1 Å². The van der Waals surface area contributed by atoms with Crippen molar-refractivity contribution < 1.29 is 24.2 Å². The van der Waals surface area contributed by atoms with Gasteiger partial charge in [0, 0.05) is 56.5 Å². The molecule has 1 aliphatic carbocycles. The Balaban J connectivity index is 1.24. The molecule has 1 amide bonds. The molecule has 44 heavy (non-hydrogen) atoms. The Morgan fingerprint density at radius 1 is 1.00 bits per heavy atom. The maximum atomic E-state index is 14.4. The van der Waals surface area contributed by atoms with Gasteiger partial charge < -0.3 is 29.4 Å². The van der Waals surface area contributed by atoms with E-state index >= 15 is 0 Å². The molecule has 0 bridgehead atoms. The molecule has 2 N–H and O–H groups in total. The number of aromatic nitrogens is 1. The molecule has 2 heterocycles. The molecule has 0 unspecified atom stereocenters. The minimum Gasteiger partial charge on any atom is -0.482 e. The number of methoxy groups -OCH3 is 1. The molecule has 3 aromatic carbocycles. The van der Waals surface area contributed by atoms with Gasteiger partial charge in [0.2, 0.25) is 5.91 Å². The Kier molecular flexibility index (Phi) is 9.28. The summed E-state index contributed by atoms with van der Waals surface area (Å²) in [6, 6.07) is 24.7. The van der Waals surface area contributed by atoms with Crippen molar-refractivity contribution in [2.45, 2.75) is 50.7 Å². The van der Waals surface area contributed by atoms with Gasteiger partial charge in [0.1, 0.15) is 5.75 Å². The van der Waals surface area contributed by atoms with Crippen LogP contribution in [0.2, 0.25) is 0 Å². The summed E-state index contributed by atoms with van der Waals surface area (Å²) in [5, 5.41) is 13.7. The standard InChI is InChI=1S/C36H41N3O5/c1-43-18-6-17-38-22-28(32-11-2-3-12-34(32)38)23-39(29-13-14-29)36(42)33-21-37-16-15-31(33)27-9-4-7-25(19-27)26-8-5-10-30(20-26)44-24-35(40)41/h2-5,7-12,19-20,22,29,31,33,37H,6,13-18,21,23-24H2,1H3,(H,40,41)/t31-,33+/m1/s1. The molecule has 0 spiro atoms. The van der Waals surface area contributed by atoms with E-state index in [0.29, 0.717) is 24.9 Å². The SMILES string of the molecule is COCCCn1cc(CN(C(=O)[C@H]2CNCC[C@@H]2c2cccc(-c3cccc(OCC(=O)O)c3)c2)C2CC2)c2ccccc21. The second kappa shape index (κ2) is 13.7. The minimum atomic E-state index is -1.01. The lowest BCUT2D eigenvalue weighted by atomic mass is 9.79. The van der Waals surface area contributed by atoms with E-state index in [0.717, 1.165) is 62.1 Å². The van der Waals surface area contributed by atoms with E-state index < -0.39 is 5.97 Å². The molecular weight excluding hydrogens is 554 g/mol. The maximum Gasteiger partial charge on any atom is 0.341 e. The van der Waals surface area contributed by atoms with Crippen LogP contribution in [0.25, 0.3) is 22.0 Å². The van der Waals surface area contributed by atoms with Crippen molar-refractivity contribution in [2.75, 3.05) is 33.4 Å². The van der Waals surface area contributed by atoms with Crippen molar-refractivity contribution in [1.82, 2.24) is 14.8 Å². The van der Waals surface area contributed by atoms with E-state index in [2.05, 4.69) is 69.5 Å². The summed E-state index contributed by atoms with van der Waals surface area (Å²) >= 11 is 0. The number of piperidine rings is 1. The molecule has 1 aromatic heterocycles. The molecule has 6 rings (SSSR count). The molecule has 8 nitrogen and oxygen atoms in total. The van der Waals surface area contributed by atoms with Crippen molar-refractivity contribution in [3.63, 3.8) is 0 Å². The zero-order valence-corrected chi connectivity index (χ0v) is 25.3. The van der Waals surface area contributed by atoms with Gasteiger partial charge >= 0.3 is 5.97 Å². The fourth-order valence-electron chi connectivity index (χ4n) is 6.56. The number of carboxylic acids is 1. The number of aryl methyl sites for hydroxylation is 1. The predicted octanol–water partition coefficient (Wildman–Crippen LogP) is 5.69. The largest absolute Gasteiger partial charge is 0.482 e. The van der Waals surface area contributed by atoms with E-state index in [-0.39, 0.29) is 24.3 Å². The van der Waals surface area contributed by atoms with Gasteiger partial charge in [-0.2, -0.15) is 0 Å². The number of ether oxygens (including phenoxy) is 2. The number of carbonyl (C=O) groups is 2. The normalized spacial score (nSPS) is 18.3. The van der Waals surface area contributed by atoms with Crippen LogP contribution in [0.15, 0.2) is 79.0 Å². The number of hydrogen-bond donors (Lipinski definition) is 2. The second-order valence-electron chi connectivity index (χ2n) is 12.0. The fraction of sp³-hybridized carbons (Fsp3) is 0.389. The van der Waals surface area contributed by atoms with Crippen LogP contribution in [0.1, 0.15) is 42.7 Å². The average Bonchev–Trinajstić information content (AvgIpc) is 3.85. The molecule has 4 aromatic rings. The molecule has 1 saturated carbocycles. The lowest BCUT2D eigenvalue weighted by molar-refractivity contribution is -0.139. The fourth-order valence-corrected chi connectivity index (χ4v) is 6.56. The lowest BCUT2D eigenvalue weighted by Gasteiger charge is -2.36. The highest BCUT2D eigenvalue weighted by Gasteiger charge is 2.40. The molecule has 2 fully saturated rings. The minimum absolute atomic E-state index is 0.103. The van der Waals surface area contributed by atoms with Gasteiger partial charge in [0.25, 0.3) is 0 Å². The highest BCUT2D eigenvalue weighted by molar-refractivity contribution is 5.86. The van der Waals surface area contributed by atoms with Crippen molar-refractivity contribution in [3.8, 4) is 16.9 Å². The number of fused-ring (bicyclic) bond motifs is 1. The third-order valence-corrected chi connectivity index (χ3v) is 8.87. The highest BCUT2D eigenvalue weighted by Crippen LogP contribution is 2.38. The third kappa shape index (κ3) is 6.82. The average molecular weight is 596 g/mol. The molecule has 2 atom stereocenters. The molecule has 2 aliphatic rings. The molecule has 0 radical (unpaired) electrons. The van der Waals surface area contributed by atoms with Crippen LogP contribution >= 0.6 is 0 Å². The van der Waals surface area contributed by atoms with Gasteiger partial charge in [-0.05, 0) is 78.6 Å². The molecule has 1 aliphatic heterocycles. The lowest BCUT2D eigenvalue weighted by Crippen LogP contribution is -2.47. The molecule has 1 saturated heterocycles. The van der Waals surface area contributed by atoms with Gasteiger partial charge in [-0.25, -0.2) is 4.79 Å². The summed E-state index contributed by atoms with van der Waals surface area (Å²) < 4.78 is 13.0. The first kappa shape index (κ1) is 29.9. The Morgan fingerprint density at radius 2 is 1.80 bits per heavy atom. The van der Waals surface area contributed by atoms with Crippen LogP contribution in [0.3, 0.4) is 0 Å². The molecule has 230 valence electrons. The van der Waals surface area contributed by atoms with Crippen molar-refractivity contribution in [3.05, 3.63) is 90.1 Å². The van der Waals surface area contributed by atoms with E-state index in [9.17, 15) is 9.59 Å². The van der Waals surface area contributed by atoms with Crippen molar-refractivity contribution in [1.29, 1.82) is 0 Å². The van der Waals surface area contributed by atoms with E-state index in [4.69, 9.17) is 14.6 Å². The summed E-state index contributed by atoms with van der Waals surface area (Å²) in [5.41, 5.74) is 5.53. The number of carbonyl (C=O) groups excluding carboxylic acids is 1. The summed E-state index contributed by atoms with van der Waals surface area (Å²) in [5.74, 6) is -0.306. The third-order valence-electron chi connectivity index (χ3n) is 8.87. The Bertz CT molecular complexity index is 1610. The van der Waals surface area contributed by atoms with Gasteiger partial charge in [-0.1, -0.05) is 54.6 Å². The van der Waals surface area contributed by atoms with Crippen LogP contribution in [0.5, 0.6) is 5.75 Å². The zero-order chi connectivity index (χ0) is 30.5. The van der Waals surface area contributed by atoms with E-state index in [1.807, 2.05) is 18.2 Å². The number of nitrogens with zero attached hydrogens (tertiary/aromatic N) is 2. The van der Waals surface area contributed by atoms with E-state index in [1.54, 1.807) is 13.2 Å². The van der Waals surface area contributed by atoms with Crippen LogP contribution in [0, 0.1) is 5.92 Å². The number of carboxylic acid groups (broad SMARTS) is 1. The summed E-state index contributed by atoms with van der Waals surface area (Å²) in [6.45, 7) is 3.37. The first-order valence-electron chi connectivity index (χ1n) is 15.6. The van der Waals surface area contributed by atoms with Crippen LogP contribution in [0.4, 0.5) is 0 Å². The summed E-state index contributed by atoms with van der Waals surface area (Å²) in [6.07, 6.45) is 6.17. The molecule has 8 heteroatoms. The number of amides is 1. The van der Waals surface area contributed by atoms with Gasteiger partial charge in [0.15, 0.2) is 6.61 Å². The maximum absolute atomic E-state index is 14.4. The number of rotatable bonds is 13. The van der Waals surface area contributed by atoms with Gasteiger partial charge in [-0.15, -0.1) is 0 Å². The number of aliphatic carboxylic acids is 1. The summed E-state index contributed by atoms with van der Waals surface area (Å²) in [7, 11) is 1.74. The number of hydrogen-bond acceptors (Lipinski definition) is 5. The van der Waals surface area contributed by atoms with E-state index in [1.165, 1.54) is 16.5 Å². The number of nitrogens with one attached hydrogen (secondary N) is 1. The zero-order valence-electron chi connectivity index (χ0n) is 25.3. The monoisotopic (exact) mass is 595 g/mol. The smallest absolute Gasteiger partial charge is 0.341 e. The van der Waals surface area contributed by atoms with Gasteiger partial charge in [-0.3, -0.25) is 4.79 Å². The highest BCUT2D eigenvalue weighted by atomic mass is 16.5. The Morgan fingerprint density at radius 3 is 2.59 bits per heavy atom. The van der Waals surface area contributed by atoms with Crippen LogP contribution in [-0.4, -0.2) is 65.9 Å². The topological polar surface area (TPSA) is 93.0 Å². The Labute approximate surface area is 258 Å². The Hall–Kier alpha value is -4.14. The first-order valence-corrected chi connectivity index (χ1v) is 15.6. The van der Waals surface area contributed by atoms with Crippen molar-refractivity contribution in [2.24, 2.45) is 5.92 Å². The van der Waals surface area contributed by atoms with Gasteiger partial charge in [0.05, 0.1) is 5.92 Å². The van der Waals surface area contributed by atoms with Crippen molar-refractivity contribution >= 4 is 22.8 Å². The summed E-state index contributed by atoms with van der Waals surface area (Å²) in [4.78, 5) is 27.6. The first-order chi connectivity index (χ1) is 21.5. The second-order valence-corrected chi connectivity index (χ2v) is 12.0. The number of benzene rings is 3.